The average Bonchev–Trinajstić information content (AvgIpc) is 2.71. The van der Waals surface area contributed by atoms with E-state index in [2.05, 4.69) is 4.98 Å². The van der Waals surface area contributed by atoms with Gasteiger partial charge in [0.25, 0.3) is 5.91 Å². The predicted molar refractivity (Wildman–Crippen MR) is 63.8 cm³/mol. The van der Waals surface area contributed by atoms with Gasteiger partial charge in [0.05, 0.1) is 10.9 Å². The van der Waals surface area contributed by atoms with Crippen LogP contribution in [0.5, 0.6) is 0 Å². The van der Waals surface area contributed by atoms with Gasteiger partial charge in [-0.3, -0.25) is 9.78 Å². The lowest BCUT2D eigenvalue weighted by atomic mass is 10.2. The van der Waals surface area contributed by atoms with E-state index < -0.39 is 12.0 Å². The molecule has 1 aromatic rings. The third kappa shape index (κ3) is 2.26. The van der Waals surface area contributed by atoms with Crippen LogP contribution >= 0.6 is 11.8 Å². The first-order valence-electron chi connectivity index (χ1n) is 5.18. The molecule has 0 saturated carbocycles. The molecule has 1 aliphatic heterocycles. The first-order valence-corrected chi connectivity index (χ1v) is 6.23. The second-order valence-corrected chi connectivity index (χ2v) is 5.09. The Balaban J connectivity index is 2.26. The summed E-state index contributed by atoms with van der Waals surface area (Å²) in [6.45, 7) is 1.84. The van der Waals surface area contributed by atoms with Gasteiger partial charge in [-0.25, -0.2) is 4.79 Å². The first-order chi connectivity index (χ1) is 8.11. The van der Waals surface area contributed by atoms with Gasteiger partial charge in [-0.2, -0.15) is 0 Å². The van der Waals surface area contributed by atoms with Crippen LogP contribution in [0.3, 0.4) is 0 Å². The number of pyridine rings is 1. The molecule has 2 rings (SSSR count). The predicted octanol–water partition coefficient (Wildman–Crippen LogP) is 1.07. The SMILES string of the molecule is CC1SCC(C(=O)O)N1C(=O)c1cccnc1. The van der Waals surface area contributed by atoms with Gasteiger partial charge in [-0.15, -0.1) is 11.8 Å². The monoisotopic (exact) mass is 252 g/mol. The number of nitrogens with zero attached hydrogens (tertiary/aromatic N) is 2. The summed E-state index contributed by atoms with van der Waals surface area (Å²) >= 11 is 1.47. The molecule has 1 amide bonds. The number of carboxylic acid groups (broad SMARTS) is 1. The Kier molecular flexibility index (Phi) is 3.33. The number of hydrogen-bond acceptors (Lipinski definition) is 4. The highest BCUT2D eigenvalue weighted by Gasteiger charge is 2.39. The maximum Gasteiger partial charge on any atom is 0.327 e. The number of thioether (sulfide) groups is 1. The number of hydrogen-bond donors (Lipinski definition) is 1. The van der Waals surface area contributed by atoms with Gasteiger partial charge in [0.1, 0.15) is 6.04 Å². The molecular weight excluding hydrogens is 240 g/mol. The van der Waals surface area contributed by atoms with Crippen molar-refractivity contribution in [2.24, 2.45) is 0 Å². The van der Waals surface area contributed by atoms with Crippen molar-refractivity contribution < 1.29 is 14.7 Å². The summed E-state index contributed by atoms with van der Waals surface area (Å²) in [6, 6.07) is 2.56. The van der Waals surface area contributed by atoms with Crippen LogP contribution in [0.1, 0.15) is 17.3 Å². The molecule has 2 atom stereocenters. The highest BCUT2D eigenvalue weighted by atomic mass is 32.2. The zero-order valence-electron chi connectivity index (χ0n) is 9.24. The van der Waals surface area contributed by atoms with Gasteiger partial charge in [-0.1, -0.05) is 0 Å². The molecule has 0 bridgehead atoms. The highest BCUT2D eigenvalue weighted by Crippen LogP contribution is 2.30. The van der Waals surface area contributed by atoms with Crippen LogP contribution in [-0.4, -0.2) is 44.0 Å². The van der Waals surface area contributed by atoms with Crippen molar-refractivity contribution >= 4 is 23.6 Å². The summed E-state index contributed by atoms with van der Waals surface area (Å²) in [5.41, 5.74) is 0.424. The Morgan fingerprint density at radius 1 is 1.59 bits per heavy atom. The number of amides is 1. The first kappa shape index (κ1) is 11.9. The lowest BCUT2D eigenvalue weighted by molar-refractivity contribution is -0.141. The Morgan fingerprint density at radius 2 is 2.35 bits per heavy atom. The normalized spacial score (nSPS) is 23.7. The molecule has 1 aromatic heterocycles. The molecule has 17 heavy (non-hydrogen) atoms. The maximum atomic E-state index is 12.2. The fourth-order valence-electron chi connectivity index (χ4n) is 1.78. The van der Waals surface area contributed by atoms with E-state index in [-0.39, 0.29) is 11.3 Å². The molecule has 0 spiro atoms. The van der Waals surface area contributed by atoms with E-state index >= 15 is 0 Å². The molecule has 0 aromatic carbocycles. The maximum absolute atomic E-state index is 12.2. The van der Waals surface area contributed by atoms with Crippen molar-refractivity contribution in [2.45, 2.75) is 18.3 Å². The lowest BCUT2D eigenvalue weighted by Gasteiger charge is -2.24. The Hall–Kier alpha value is -1.56. The molecule has 0 radical (unpaired) electrons. The lowest BCUT2D eigenvalue weighted by Crippen LogP contribution is -2.44. The standard InChI is InChI=1S/C11H12N2O3S/c1-7-13(9(6-17-7)11(15)16)10(14)8-3-2-4-12-5-8/h2-5,7,9H,6H2,1H3,(H,15,16). The summed E-state index contributed by atoms with van der Waals surface area (Å²) in [4.78, 5) is 28.5. The van der Waals surface area contributed by atoms with Crippen LogP contribution in [0, 0.1) is 0 Å². The van der Waals surface area contributed by atoms with E-state index in [0.717, 1.165) is 0 Å². The summed E-state index contributed by atoms with van der Waals surface area (Å²) < 4.78 is 0. The summed E-state index contributed by atoms with van der Waals surface area (Å²) in [5, 5.41) is 8.95. The van der Waals surface area contributed by atoms with Crippen molar-refractivity contribution in [1.29, 1.82) is 0 Å². The minimum Gasteiger partial charge on any atom is -0.480 e. The molecule has 1 aliphatic rings. The number of carboxylic acids is 1. The van der Waals surface area contributed by atoms with Crippen LogP contribution in [0.15, 0.2) is 24.5 Å². The second-order valence-electron chi connectivity index (χ2n) is 3.74. The van der Waals surface area contributed by atoms with Gasteiger partial charge in [0.2, 0.25) is 0 Å². The van der Waals surface area contributed by atoms with E-state index in [1.165, 1.54) is 22.9 Å². The molecule has 2 unspecified atom stereocenters. The Labute approximate surface area is 103 Å². The van der Waals surface area contributed by atoms with E-state index in [1.54, 1.807) is 18.3 Å². The van der Waals surface area contributed by atoms with Crippen molar-refractivity contribution in [3.63, 3.8) is 0 Å². The van der Waals surface area contributed by atoms with Crippen molar-refractivity contribution in [2.75, 3.05) is 5.75 Å². The fraction of sp³-hybridized carbons (Fsp3) is 0.364. The van der Waals surface area contributed by atoms with Crippen LogP contribution in [0.25, 0.3) is 0 Å². The molecule has 5 nitrogen and oxygen atoms in total. The minimum absolute atomic E-state index is 0.121. The Morgan fingerprint density at radius 3 is 2.94 bits per heavy atom. The smallest absolute Gasteiger partial charge is 0.327 e. The quantitative estimate of drug-likeness (QED) is 0.852. The van der Waals surface area contributed by atoms with Gasteiger partial charge < -0.3 is 10.0 Å². The van der Waals surface area contributed by atoms with Crippen LogP contribution < -0.4 is 0 Å². The molecular formula is C11H12N2O3S. The zero-order chi connectivity index (χ0) is 12.4. The third-order valence-corrected chi connectivity index (χ3v) is 3.87. The van der Waals surface area contributed by atoms with Crippen molar-refractivity contribution in [3.05, 3.63) is 30.1 Å². The molecule has 1 saturated heterocycles. The average molecular weight is 252 g/mol. The number of rotatable bonds is 2. The molecule has 0 aliphatic carbocycles. The van der Waals surface area contributed by atoms with Gasteiger partial charge in [0.15, 0.2) is 0 Å². The van der Waals surface area contributed by atoms with Crippen LogP contribution in [-0.2, 0) is 4.79 Å². The number of carbonyl (C=O) groups excluding carboxylic acids is 1. The van der Waals surface area contributed by atoms with Gasteiger partial charge in [0, 0.05) is 18.1 Å². The third-order valence-electron chi connectivity index (χ3n) is 2.65. The van der Waals surface area contributed by atoms with Crippen LogP contribution in [0.2, 0.25) is 0 Å². The summed E-state index contributed by atoms with van der Waals surface area (Å²) in [5.74, 6) is -0.801. The summed E-state index contributed by atoms with van der Waals surface area (Å²) in [7, 11) is 0. The number of carbonyl (C=O) groups is 2. The molecule has 90 valence electrons. The topological polar surface area (TPSA) is 70.5 Å². The minimum atomic E-state index is -0.959. The number of aliphatic carboxylic acids is 1. The Bertz CT molecular complexity index is 438. The van der Waals surface area contributed by atoms with Crippen LogP contribution in [0.4, 0.5) is 0 Å². The number of aromatic nitrogens is 1. The van der Waals surface area contributed by atoms with Crippen molar-refractivity contribution in [3.8, 4) is 0 Å². The molecule has 1 N–H and O–H groups in total. The van der Waals surface area contributed by atoms with E-state index in [1.807, 2.05) is 6.92 Å². The largest absolute Gasteiger partial charge is 0.480 e. The molecule has 6 heteroatoms. The molecule has 2 heterocycles. The highest BCUT2D eigenvalue weighted by molar-refractivity contribution is 8.00. The van der Waals surface area contributed by atoms with Gasteiger partial charge in [-0.05, 0) is 19.1 Å². The van der Waals surface area contributed by atoms with Gasteiger partial charge >= 0.3 is 5.97 Å². The summed E-state index contributed by atoms with van der Waals surface area (Å²) in [6.07, 6.45) is 3.03. The van der Waals surface area contributed by atoms with E-state index in [4.69, 9.17) is 5.11 Å². The fourth-order valence-corrected chi connectivity index (χ4v) is 2.95. The van der Waals surface area contributed by atoms with E-state index in [0.29, 0.717) is 11.3 Å². The zero-order valence-corrected chi connectivity index (χ0v) is 10.1. The van der Waals surface area contributed by atoms with E-state index in [9.17, 15) is 9.59 Å². The molecule has 1 fully saturated rings. The van der Waals surface area contributed by atoms with Crippen molar-refractivity contribution in [1.82, 2.24) is 9.88 Å². The second kappa shape index (κ2) is 4.75.